The van der Waals surface area contributed by atoms with E-state index in [-0.39, 0.29) is 163 Å². The van der Waals surface area contributed by atoms with Gasteiger partial charge in [-0.3, -0.25) is 43.2 Å². The first-order valence-corrected chi connectivity index (χ1v) is 38.8. The van der Waals surface area contributed by atoms with Gasteiger partial charge in [0.25, 0.3) is 0 Å². The quantitative estimate of drug-likeness (QED) is 0.0146. The van der Waals surface area contributed by atoms with Crippen LogP contribution in [-0.2, 0) is 110 Å². The summed E-state index contributed by atoms with van der Waals surface area (Å²) in [6, 6.07) is 7.72. The molecule has 0 unspecified atom stereocenters. The molecule has 6 saturated carbocycles. The number of benzene rings is 2. The lowest BCUT2D eigenvalue weighted by Crippen LogP contribution is -2.33. The van der Waals surface area contributed by atoms with Crippen molar-refractivity contribution in [3.8, 4) is 23.0 Å². The molecular formula is C82H108O30. The van der Waals surface area contributed by atoms with Crippen LogP contribution in [-0.4, -0.2) is 171 Å². The van der Waals surface area contributed by atoms with Crippen molar-refractivity contribution in [2.75, 3.05) is 53.9 Å². The van der Waals surface area contributed by atoms with Gasteiger partial charge in [-0.05, 0) is 229 Å². The van der Waals surface area contributed by atoms with Crippen LogP contribution >= 0.6 is 0 Å². The maximum Gasteiger partial charge on any atom is 0.341 e. The number of unbranched alkanes of at least 4 members (excludes halogenated alkanes) is 3. The Labute approximate surface area is 651 Å². The molecule has 616 valence electrons. The fraction of sp³-hybridized carbons (Fsp3) is 0.610. The molecule has 30 nitrogen and oxygen atoms in total. The molecule has 0 aromatic heterocycles. The number of aliphatic carboxylic acids is 1. The number of phenolic OH excluding ortho intramolecular Hbond substituents is 2. The largest absolute Gasteiger partial charge is 0.508 e. The molecule has 6 aliphatic carbocycles. The highest BCUT2D eigenvalue weighted by atomic mass is 16.6. The Morgan fingerprint density at radius 2 is 0.625 bits per heavy atom. The Morgan fingerprint density at radius 1 is 0.339 bits per heavy atom. The summed E-state index contributed by atoms with van der Waals surface area (Å²) in [6.45, 7) is 11.5. The van der Waals surface area contributed by atoms with Crippen molar-refractivity contribution < 1.29 is 144 Å². The Hall–Kier alpha value is -10.2. The van der Waals surface area contributed by atoms with E-state index in [1.54, 1.807) is 0 Å². The molecule has 6 fully saturated rings. The first-order valence-electron chi connectivity index (χ1n) is 38.8. The average Bonchev–Trinajstić information content (AvgIpc) is 0.822. The van der Waals surface area contributed by atoms with Crippen LogP contribution in [0.2, 0.25) is 0 Å². The third-order valence-corrected chi connectivity index (χ3v) is 20.8. The highest BCUT2D eigenvalue weighted by molar-refractivity contribution is 5.95. The van der Waals surface area contributed by atoms with Crippen LogP contribution in [0.15, 0.2) is 74.4 Å². The summed E-state index contributed by atoms with van der Waals surface area (Å²) in [7, 11) is 2.38. The number of carboxylic acid groups (broad SMARTS) is 1. The van der Waals surface area contributed by atoms with Gasteiger partial charge >= 0.3 is 83.6 Å². The molecule has 3 N–H and O–H groups in total. The van der Waals surface area contributed by atoms with Gasteiger partial charge in [-0.25, -0.2) is 24.0 Å². The van der Waals surface area contributed by atoms with E-state index in [1.807, 2.05) is 0 Å². The Bertz CT molecular complexity index is 3510. The monoisotopic (exact) mass is 1570 g/mol. The normalized spacial score (nSPS) is 23.2. The molecule has 0 saturated heterocycles. The van der Waals surface area contributed by atoms with E-state index in [1.165, 1.54) is 44.6 Å². The molecule has 2 aromatic rings. The molecule has 0 bridgehead atoms. The number of ether oxygens (including phenoxy) is 13. The second kappa shape index (κ2) is 48.6. The van der Waals surface area contributed by atoms with Crippen molar-refractivity contribution in [1.82, 2.24) is 0 Å². The maximum atomic E-state index is 13.3. The van der Waals surface area contributed by atoms with Crippen LogP contribution in [0, 0.1) is 53.3 Å². The van der Waals surface area contributed by atoms with Crippen LogP contribution in [0.4, 0.5) is 0 Å². The summed E-state index contributed by atoms with van der Waals surface area (Å²) in [5.74, 6) is -9.81. The van der Waals surface area contributed by atoms with Crippen LogP contribution in [0.25, 0.3) is 0 Å². The molecule has 8 rings (SSSR count). The molecule has 0 radical (unpaired) electrons. The molecule has 0 amide bonds. The van der Waals surface area contributed by atoms with E-state index in [4.69, 9.17) is 72.2 Å². The number of hydrogen-bond donors (Lipinski definition) is 3. The van der Waals surface area contributed by atoms with Crippen molar-refractivity contribution in [3.05, 3.63) is 85.5 Å². The van der Waals surface area contributed by atoms with Gasteiger partial charge in [0.2, 0.25) is 0 Å². The molecular weight excluding hydrogens is 1460 g/mol. The third-order valence-electron chi connectivity index (χ3n) is 20.8. The third kappa shape index (κ3) is 31.2. The van der Waals surface area contributed by atoms with E-state index in [2.05, 4.69) is 24.5 Å². The minimum absolute atomic E-state index is 0.0440. The van der Waals surface area contributed by atoms with Gasteiger partial charge in [0.05, 0.1) is 107 Å². The lowest BCUT2D eigenvalue weighted by atomic mass is 9.82. The lowest BCUT2D eigenvalue weighted by Gasteiger charge is -2.30. The predicted molar refractivity (Wildman–Crippen MR) is 394 cm³/mol. The zero-order valence-electron chi connectivity index (χ0n) is 64.1. The van der Waals surface area contributed by atoms with Crippen LogP contribution in [0.5, 0.6) is 23.0 Å². The van der Waals surface area contributed by atoms with E-state index >= 15 is 0 Å². The number of hydrogen-bond acceptors (Lipinski definition) is 29. The van der Waals surface area contributed by atoms with Gasteiger partial charge in [-0.2, -0.15) is 0 Å². The first kappa shape index (κ1) is 90.7. The topological polar surface area (TPSA) is 420 Å². The molecule has 0 spiro atoms. The molecule has 0 atom stereocenters. The molecule has 0 aliphatic heterocycles. The zero-order chi connectivity index (χ0) is 81.5. The van der Waals surface area contributed by atoms with Crippen molar-refractivity contribution >= 4 is 83.6 Å². The van der Waals surface area contributed by atoms with Gasteiger partial charge in [-0.1, -0.05) is 19.7 Å². The summed E-state index contributed by atoms with van der Waals surface area (Å²) in [5, 5.41) is 27.1. The number of rotatable bonds is 34. The summed E-state index contributed by atoms with van der Waals surface area (Å²) in [4.78, 5) is 170. The van der Waals surface area contributed by atoms with E-state index in [0.29, 0.717) is 199 Å². The number of esters is 13. The zero-order valence-corrected chi connectivity index (χ0v) is 64.1. The van der Waals surface area contributed by atoms with Crippen molar-refractivity contribution in [2.24, 2.45) is 53.3 Å². The standard InChI is InChI=1S/C52H68O18.C22H32O8.C8H8O4/c1-4-44(53)63-28-6-8-30-65-46(55)33-18-22-39(23-19-33)67-48(57)35-10-12-37(13-11-35)50(59)69-41-26-27-43(42(32-41)52(61)62-3)70-51(60)38-16-14-36(15-17-38)49(58)68-40-24-20-34(21-25-40)47(56)66-31-9-7-29-64-45(54)5-2;1-2-19(23)28-13-3-4-14-29-21(26)16-9-11-18(12-10-16)30-22(27)17-7-5-15(6-8-17)20(24)25;1-12-8(11)6-4-5(9)2-3-7(6)10/h4-5,26-27,32-40H,1-2,6-25,28-31H2,3H3;2,15-18H,1,3-14H2,(H,24,25);2-4,9-10H,1H3. The summed E-state index contributed by atoms with van der Waals surface area (Å²) in [6.07, 6.45) is 18.3. The van der Waals surface area contributed by atoms with Crippen LogP contribution in [0.3, 0.4) is 0 Å². The van der Waals surface area contributed by atoms with Crippen molar-refractivity contribution in [1.29, 1.82) is 0 Å². The molecule has 30 heteroatoms. The highest BCUT2D eigenvalue weighted by Crippen LogP contribution is 2.38. The average molecular weight is 1570 g/mol. The molecule has 0 heterocycles. The number of carboxylic acids is 1. The number of carbonyl (C=O) groups is 14. The predicted octanol–water partition coefficient (Wildman–Crippen LogP) is 11.1. The van der Waals surface area contributed by atoms with E-state index in [9.17, 15) is 67.1 Å². The van der Waals surface area contributed by atoms with Gasteiger partial charge in [0.1, 0.15) is 52.4 Å². The molecule has 6 aliphatic rings. The number of phenols is 2. The molecule has 112 heavy (non-hydrogen) atoms. The Kier molecular flexibility index (Phi) is 39.4. The fourth-order valence-corrected chi connectivity index (χ4v) is 14.0. The second-order valence-electron chi connectivity index (χ2n) is 28.6. The van der Waals surface area contributed by atoms with Crippen molar-refractivity contribution in [2.45, 2.75) is 211 Å². The Balaban J connectivity index is 0.000000378. The fourth-order valence-electron chi connectivity index (χ4n) is 14.0. The molecule has 2 aromatic carbocycles. The smallest absolute Gasteiger partial charge is 0.341 e. The highest BCUT2D eigenvalue weighted by Gasteiger charge is 2.39. The first-order chi connectivity index (χ1) is 53.8. The maximum absolute atomic E-state index is 13.3. The van der Waals surface area contributed by atoms with Gasteiger partial charge in [-0.15, -0.1) is 0 Å². The Morgan fingerprint density at radius 3 is 0.946 bits per heavy atom. The van der Waals surface area contributed by atoms with E-state index in [0.717, 1.165) is 24.3 Å². The number of aromatic hydroxyl groups is 2. The second-order valence-corrected chi connectivity index (χ2v) is 28.6. The van der Waals surface area contributed by atoms with Crippen molar-refractivity contribution in [3.63, 3.8) is 0 Å². The summed E-state index contributed by atoms with van der Waals surface area (Å²) in [5.41, 5.74) is -0.152. The SMILES string of the molecule is C=CC(=O)OCCCCOC(=O)C1CCC(OC(=O)C2CCC(C(=O)O)CC2)CC1.C=CC(=O)OCCCCOC(=O)C1CCC(OC(=O)C2CCC(C(=O)Oc3ccc(OC(=O)C4CCC(C(=O)OC5CCC(C(=O)OCCCCOC(=O)C=C)CC5)CC4)c(C(=O)OC)c3)CC2)CC1.COC(=O)c1cc(O)ccc1O. The van der Waals surface area contributed by atoms with Crippen LogP contribution < -0.4 is 9.47 Å². The van der Waals surface area contributed by atoms with E-state index < -0.39 is 59.6 Å². The summed E-state index contributed by atoms with van der Waals surface area (Å²) < 4.78 is 68.7. The van der Waals surface area contributed by atoms with Gasteiger partial charge in [0.15, 0.2) is 0 Å². The van der Waals surface area contributed by atoms with Gasteiger partial charge < -0.3 is 76.9 Å². The lowest BCUT2D eigenvalue weighted by molar-refractivity contribution is -0.161. The number of methoxy groups -OCH3 is 2. The van der Waals surface area contributed by atoms with Crippen LogP contribution in [0.1, 0.15) is 213 Å². The summed E-state index contributed by atoms with van der Waals surface area (Å²) >= 11 is 0. The minimum atomic E-state index is -0.802. The minimum Gasteiger partial charge on any atom is -0.508 e. The van der Waals surface area contributed by atoms with Gasteiger partial charge in [0, 0.05) is 18.2 Å². The number of carbonyl (C=O) groups excluding carboxylic acids is 13.